The van der Waals surface area contributed by atoms with E-state index in [1.54, 1.807) is 24.3 Å². The molecule has 5 heterocycles. The zero-order valence-corrected chi connectivity index (χ0v) is 42.4. The number of piperidine rings is 1. The summed E-state index contributed by atoms with van der Waals surface area (Å²) in [5, 5.41) is -0.989. The Hall–Kier alpha value is -5.83. The van der Waals surface area contributed by atoms with Gasteiger partial charge in [-0.3, -0.25) is 9.27 Å². The van der Waals surface area contributed by atoms with E-state index in [0.717, 1.165) is 76.5 Å². The molecular formula is C51H58N6O9S3+2. The maximum absolute atomic E-state index is 13.8. The van der Waals surface area contributed by atoms with Crippen LogP contribution in [0.25, 0.3) is 0 Å². The maximum atomic E-state index is 13.8. The minimum atomic E-state index is -4.25. The Morgan fingerprint density at radius 3 is 2.29 bits per heavy atom. The van der Waals surface area contributed by atoms with Crippen LogP contribution in [0.4, 0.5) is 17.2 Å². The van der Waals surface area contributed by atoms with E-state index in [-0.39, 0.29) is 30.0 Å². The van der Waals surface area contributed by atoms with Gasteiger partial charge in [0, 0.05) is 46.3 Å². The number of rotatable bonds is 14. The van der Waals surface area contributed by atoms with Gasteiger partial charge in [0.25, 0.3) is 10.1 Å². The average molecular weight is 995 g/mol. The summed E-state index contributed by atoms with van der Waals surface area (Å²) in [6, 6.07) is 15.9. The number of allylic oxidation sites excluding steroid dienone is 6. The summed E-state index contributed by atoms with van der Waals surface area (Å²) in [5.74, 6) is 14.3. The fourth-order valence-electron chi connectivity index (χ4n) is 8.81. The first-order valence-electron chi connectivity index (χ1n) is 22.6. The number of pyridine rings is 1. The summed E-state index contributed by atoms with van der Waals surface area (Å²) in [6.07, 6.45) is 15.5. The molecule has 0 saturated carbocycles. The number of quaternary nitrogens is 1. The molecule has 0 bridgehead atoms. The van der Waals surface area contributed by atoms with Gasteiger partial charge in [-0.25, -0.2) is 27.2 Å². The SMILES string of the molecule is CCOC(=O)C1CCCC[N+]12C=C(C#Cc1ccc(NS(C)(=O)=O)cc1)C=C1C2=N/C(=C\C=C\C2=Nc3c(cc(C#Cc4ccc(NSOOC)cc4)c[n+]3CCC(C)S(=O)(=O)O)C2(C)C)C1(C)C. The Bertz CT molecular complexity index is 3060. The second-order valence-electron chi connectivity index (χ2n) is 18.4. The van der Waals surface area contributed by atoms with Crippen LogP contribution in [0.1, 0.15) is 89.5 Å². The van der Waals surface area contributed by atoms with Crippen LogP contribution < -0.4 is 14.0 Å². The first kappa shape index (κ1) is 51.0. The molecule has 0 aliphatic carbocycles. The van der Waals surface area contributed by atoms with E-state index in [2.05, 4.69) is 78.0 Å². The zero-order chi connectivity index (χ0) is 49.8. The smallest absolute Gasteiger partial charge is 0.365 e. The van der Waals surface area contributed by atoms with Crippen molar-refractivity contribution >= 4 is 67.1 Å². The number of nitrogens with one attached hydrogen (secondary N) is 2. The quantitative estimate of drug-likeness (QED) is 0.0136. The van der Waals surface area contributed by atoms with Gasteiger partial charge in [0.1, 0.15) is 24.6 Å². The Kier molecular flexibility index (Phi) is 15.3. The fraction of sp³-hybridized carbons (Fsp3) is 0.373. The summed E-state index contributed by atoms with van der Waals surface area (Å²) in [6.45, 7) is 12.9. The molecule has 1 fully saturated rings. The van der Waals surface area contributed by atoms with Gasteiger partial charge in [-0.05, 0) is 132 Å². The van der Waals surface area contributed by atoms with Crippen LogP contribution in [0, 0.1) is 29.1 Å². The molecule has 0 radical (unpaired) electrons. The van der Waals surface area contributed by atoms with E-state index in [1.807, 2.05) is 66.2 Å². The van der Waals surface area contributed by atoms with Crippen LogP contribution in [-0.4, -0.2) is 81.2 Å². The Morgan fingerprint density at radius 1 is 0.971 bits per heavy atom. The second-order valence-corrected chi connectivity index (χ2v) is 22.5. The van der Waals surface area contributed by atoms with Crippen molar-refractivity contribution in [2.75, 3.05) is 36.0 Å². The average Bonchev–Trinajstić information content (AvgIpc) is 3.71. The number of aryl methyl sites for hydroxylation is 1. The van der Waals surface area contributed by atoms with Gasteiger partial charge in [-0.1, -0.05) is 29.8 Å². The molecule has 4 aliphatic rings. The Morgan fingerprint density at radius 2 is 1.64 bits per heavy atom. The highest BCUT2D eigenvalue weighted by atomic mass is 32.2. The maximum Gasteiger partial charge on any atom is 0.365 e. The molecule has 3 N–H and O–H groups in total. The van der Waals surface area contributed by atoms with Crippen LogP contribution in [0.2, 0.25) is 0 Å². The van der Waals surface area contributed by atoms with Crippen LogP contribution in [-0.2, 0) is 50.9 Å². The fourth-order valence-corrected chi connectivity index (χ4v) is 10.1. The first-order valence-corrected chi connectivity index (χ1v) is 26.7. The second kappa shape index (κ2) is 20.6. The number of amidine groups is 1. The highest BCUT2D eigenvalue weighted by Crippen LogP contribution is 2.49. The van der Waals surface area contributed by atoms with Gasteiger partial charge in [-0.2, -0.15) is 13.4 Å². The van der Waals surface area contributed by atoms with E-state index in [1.165, 1.54) is 14.0 Å². The van der Waals surface area contributed by atoms with Crippen molar-refractivity contribution < 1.29 is 49.2 Å². The lowest BCUT2D eigenvalue weighted by molar-refractivity contribution is -0.813. The van der Waals surface area contributed by atoms with Crippen LogP contribution in [0.5, 0.6) is 0 Å². The number of fused-ring (bicyclic) bond motifs is 3. The van der Waals surface area contributed by atoms with Crippen LogP contribution in [0.15, 0.2) is 118 Å². The van der Waals surface area contributed by atoms with E-state index < -0.39 is 42.3 Å². The third-order valence-electron chi connectivity index (χ3n) is 12.7. The van der Waals surface area contributed by atoms with Gasteiger partial charge in [0.15, 0.2) is 11.8 Å². The number of hydrogen-bond acceptors (Lipinski definition) is 12. The lowest BCUT2D eigenvalue weighted by atomic mass is 9.79. The number of sulfonamides is 1. The number of benzene rings is 2. The normalized spacial score (nSPS) is 21.1. The number of hydrogen-bond donors (Lipinski definition) is 3. The third-order valence-corrected chi connectivity index (χ3v) is 15.1. The lowest BCUT2D eigenvalue weighted by Gasteiger charge is -2.44. The van der Waals surface area contributed by atoms with Gasteiger partial charge in [-0.15, -0.1) is 4.33 Å². The van der Waals surface area contributed by atoms with Gasteiger partial charge >= 0.3 is 11.8 Å². The highest BCUT2D eigenvalue weighted by Gasteiger charge is 2.56. The monoisotopic (exact) mass is 994 g/mol. The number of ether oxygens (including phenoxy) is 1. The molecule has 362 valence electrons. The van der Waals surface area contributed by atoms with Gasteiger partial charge in [0.2, 0.25) is 15.9 Å². The summed E-state index contributed by atoms with van der Waals surface area (Å²) in [4.78, 5) is 28.9. The standard InChI is InChI=1S/C51H57N6O9S3/c1-9-65-49(58)44-13-10-11-30-57(44)34-39(19-17-37-22-26-41(27-23-37)55-68(8,59)60)32-43-48(57)53-46(51(43,5)6)15-12-14-45-50(3,4)42-31-38(18-16-36-20-24-40(25-21-36)54-67-66-64-7)33-56(47(42)52-45)29-28-35(2)69(61,62)63/h12,14-15,20-27,31-35,44,54-55H,9-11,13,28-30H2,1-8H3/q+1/p+1. The molecule has 1 saturated heterocycles. The Balaban J connectivity index is 1.22. The summed E-state index contributed by atoms with van der Waals surface area (Å²) >= 11 is 0.943. The number of nitrogens with zero attached hydrogens (tertiary/aromatic N) is 4. The van der Waals surface area contributed by atoms with E-state index in [9.17, 15) is 26.2 Å². The molecule has 2 aromatic carbocycles. The molecule has 69 heavy (non-hydrogen) atoms. The largest absolute Gasteiger partial charge is 0.462 e. The van der Waals surface area contributed by atoms with E-state index in [4.69, 9.17) is 19.1 Å². The van der Waals surface area contributed by atoms with Crippen LogP contribution in [0.3, 0.4) is 0 Å². The number of aromatic nitrogens is 1. The van der Waals surface area contributed by atoms with Crippen LogP contribution >= 0.6 is 12.2 Å². The number of aliphatic imine (C=N–C) groups is 2. The van der Waals surface area contributed by atoms with Crippen molar-refractivity contribution in [3.05, 3.63) is 130 Å². The van der Waals surface area contributed by atoms with Crippen molar-refractivity contribution in [1.29, 1.82) is 0 Å². The number of anilines is 2. The summed E-state index contributed by atoms with van der Waals surface area (Å²) < 4.78 is 75.4. The molecule has 0 amide bonds. The minimum Gasteiger partial charge on any atom is -0.462 e. The molecule has 3 unspecified atom stereocenters. The molecular weight excluding hydrogens is 937 g/mol. The molecule has 15 nitrogen and oxygen atoms in total. The zero-order valence-electron chi connectivity index (χ0n) is 40.0. The lowest BCUT2D eigenvalue weighted by Crippen LogP contribution is -2.62. The predicted octanol–water partition coefficient (Wildman–Crippen LogP) is 8.02. The van der Waals surface area contributed by atoms with E-state index >= 15 is 0 Å². The molecule has 3 aromatic rings. The predicted molar refractivity (Wildman–Crippen MR) is 270 cm³/mol. The van der Waals surface area contributed by atoms with Crippen molar-refractivity contribution in [3.63, 3.8) is 0 Å². The molecule has 4 aliphatic heterocycles. The molecule has 1 aromatic heterocycles. The number of carbonyl (C=O) groups excluding carboxylic acids is 1. The van der Waals surface area contributed by atoms with Crippen molar-refractivity contribution in [2.45, 2.75) is 90.5 Å². The topological polar surface area (TPSA) is 186 Å². The van der Waals surface area contributed by atoms with Gasteiger partial charge in [0.05, 0.1) is 66.1 Å². The summed E-state index contributed by atoms with van der Waals surface area (Å²) in [7, 11) is -6.26. The van der Waals surface area contributed by atoms with Gasteiger partial charge < -0.3 is 9.46 Å². The Labute approximate surface area is 410 Å². The van der Waals surface area contributed by atoms with E-state index in [0.29, 0.717) is 35.6 Å². The van der Waals surface area contributed by atoms with Crippen molar-refractivity contribution in [3.8, 4) is 23.7 Å². The summed E-state index contributed by atoms with van der Waals surface area (Å²) in [5.41, 5.74) is 6.45. The molecule has 1 spiro atoms. The third kappa shape index (κ3) is 11.6. The number of carbonyl (C=O) groups is 1. The molecule has 3 atom stereocenters. The van der Waals surface area contributed by atoms with Crippen molar-refractivity contribution in [1.82, 2.24) is 0 Å². The minimum absolute atomic E-state index is 0.155. The first-order chi connectivity index (χ1) is 32.6. The highest BCUT2D eigenvalue weighted by molar-refractivity contribution is 7.95. The van der Waals surface area contributed by atoms with Crippen molar-refractivity contribution in [2.24, 2.45) is 15.4 Å². The number of esters is 1. The molecule has 7 rings (SSSR count). The molecule has 18 heteroatoms.